The second-order valence-electron chi connectivity index (χ2n) is 4.43. The monoisotopic (exact) mass is 296 g/mol. The van der Waals surface area contributed by atoms with Gasteiger partial charge < -0.3 is 15.2 Å². The van der Waals surface area contributed by atoms with E-state index in [0.29, 0.717) is 6.42 Å². The fourth-order valence-electron chi connectivity index (χ4n) is 1.60. The van der Waals surface area contributed by atoms with Crippen molar-refractivity contribution in [1.82, 2.24) is 0 Å². The van der Waals surface area contributed by atoms with Crippen LogP contribution >= 0.6 is 0 Å². The number of nitrogens with zero attached hydrogens (tertiary/aromatic N) is 1. The number of methoxy groups -OCH3 is 1. The lowest BCUT2D eigenvalue weighted by molar-refractivity contribution is -0.384. The highest BCUT2D eigenvalue weighted by Gasteiger charge is 2.17. The Kier molecular flexibility index (Phi) is 5.79. The molecule has 0 spiro atoms. The van der Waals surface area contributed by atoms with E-state index in [1.807, 2.05) is 6.92 Å². The summed E-state index contributed by atoms with van der Waals surface area (Å²) in [4.78, 5) is 32.8. The van der Waals surface area contributed by atoms with Gasteiger partial charge in [0, 0.05) is 25.7 Å². The first kappa shape index (κ1) is 16.6. The van der Waals surface area contributed by atoms with Crippen molar-refractivity contribution in [2.75, 3.05) is 12.4 Å². The van der Waals surface area contributed by atoms with Gasteiger partial charge in [-0.3, -0.25) is 14.9 Å². The number of carbonyl (C=O) groups is 2. The van der Waals surface area contributed by atoms with Crippen molar-refractivity contribution >= 4 is 23.3 Å². The van der Waals surface area contributed by atoms with Gasteiger partial charge in [0.25, 0.3) is 5.69 Å². The fourth-order valence-corrected chi connectivity index (χ4v) is 1.60. The molecule has 0 bridgehead atoms. The highest BCUT2D eigenvalue weighted by Crippen LogP contribution is 2.22. The maximum absolute atomic E-state index is 11.7. The van der Waals surface area contributed by atoms with E-state index in [4.69, 9.17) is 9.84 Å². The number of nitro groups is 1. The Balaban J connectivity index is 2.85. The van der Waals surface area contributed by atoms with E-state index in [9.17, 15) is 19.7 Å². The topological polar surface area (TPSA) is 119 Å². The summed E-state index contributed by atoms with van der Waals surface area (Å²) >= 11 is 0. The standard InChI is InChI=1S/C13H16N2O6/c1-8(21-2)3-6-12(16)14-11-5-4-9(15(19)20)7-10(11)13(17)18/h4-5,7-8H,3,6H2,1-2H3,(H,14,16)(H,17,18). The maximum atomic E-state index is 11.7. The molecule has 0 aliphatic rings. The largest absolute Gasteiger partial charge is 0.478 e. The molecule has 1 atom stereocenters. The molecule has 1 aromatic carbocycles. The number of nitro benzene ring substituents is 1. The normalized spacial score (nSPS) is 11.7. The Labute approximate surface area is 120 Å². The third-order valence-electron chi connectivity index (χ3n) is 2.90. The zero-order chi connectivity index (χ0) is 16.0. The average Bonchev–Trinajstić information content (AvgIpc) is 2.44. The second kappa shape index (κ2) is 7.34. The van der Waals surface area contributed by atoms with Crippen LogP contribution in [0.1, 0.15) is 30.1 Å². The van der Waals surface area contributed by atoms with Crippen LogP contribution in [-0.2, 0) is 9.53 Å². The van der Waals surface area contributed by atoms with Crippen LogP contribution in [0.4, 0.5) is 11.4 Å². The van der Waals surface area contributed by atoms with Gasteiger partial charge >= 0.3 is 5.97 Å². The minimum absolute atomic E-state index is 0.0307. The van der Waals surface area contributed by atoms with Crippen LogP contribution in [0.15, 0.2) is 18.2 Å². The smallest absolute Gasteiger partial charge is 0.338 e. The number of ether oxygens (including phenoxy) is 1. The molecule has 1 rings (SSSR count). The number of nitrogens with one attached hydrogen (secondary N) is 1. The lowest BCUT2D eigenvalue weighted by atomic mass is 10.1. The van der Waals surface area contributed by atoms with E-state index in [2.05, 4.69) is 5.32 Å². The SMILES string of the molecule is COC(C)CCC(=O)Nc1ccc([N+](=O)[O-])cc1C(=O)O. The number of aromatic carboxylic acids is 1. The summed E-state index contributed by atoms with van der Waals surface area (Å²) in [6.07, 6.45) is 0.550. The Hall–Kier alpha value is -2.48. The third kappa shape index (κ3) is 4.84. The van der Waals surface area contributed by atoms with Gasteiger partial charge in [0.1, 0.15) is 0 Å². The Morgan fingerprint density at radius 3 is 2.67 bits per heavy atom. The van der Waals surface area contributed by atoms with Gasteiger partial charge in [-0.2, -0.15) is 0 Å². The molecule has 0 radical (unpaired) electrons. The van der Waals surface area contributed by atoms with Crippen LogP contribution < -0.4 is 5.32 Å². The lowest BCUT2D eigenvalue weighted by Crippen LogP contribution is -2.17. The molecule has 2 N–H and O–H groups in total. The Morgan fingerprint density at radius 1 is 1.48 bits per heavy atom. The van der Waals surface area contributed by atoms with Crippen molar-refractivity contribution in [1.29, 1.82) is 0 Å². The van der Waals surface area contributed by atoms with Crippen LogP contribution in [0.25, 0.3) is 0 Å². The van der Waals surface area contributed by atoms with Gasteiger partial charge in [-0.15, -0.1) is 0 Å². The van der Waals surface area contributed by atoms with E-state index in [1.54, 1.807) is 0 Å². The van der Waals surface area contributed by atoms with Gasteiger partial charge in [0.05, 0.1) is 22.3 Å². The van der Waals surface area contributed by atoms with Crippen molar-refractivity contribution in [2.45, 2.75) is 25.9 Å². The van der Waals surface area contributed by atoms with Crippen molar-refractivity contribution < 1.29 is 24.4 Å². The molecule has 0 aliphatic carbocycles. The zero-order valence-corrected chi connectivity index (χ0v) is 11.7. The number of benzene rings is 1. The van der Waals surface area contributed by atoms with Crippen LogP contribution in [0.2, 0.25) is 0 Å². The van der Waals surface area contributed by atoms with Crippen molar-refractivity contribution in [3.8, 4) is 0 Å². The van der Waals surface area contributed by atoms with E-state index < -0.39 is 10.9 Å². The van der Waals surface area contributed by atoms with Gasteiger partial charge in [-0.25, -0.2) is 4.79 Å². The number of amides is 1. The molecule has 8 heteroatoms. The zero-order valence-electron chi connectivity index (χ0n) is 11.7. The second-order valence-corrected chi connectivity index (χ2v) is 4.43. The quantitative estimate of drug-likeness (QED) is 0.587. The summed E-state index contributed by atoms with van der Waals surface area (Å²) in [6.45, 7) is 1.81. The van der Waals surface area contributed by atoms with Crippen LogP contribution in [0.3, 0.4) is 0 Å². The summed E-state index contributed by atoms with van der Waals surface area (Å²) in [5.41, 5.74) is -0.640. The first-order valence-electron chi connectivity index (χ1n) is 6.19. The van der Waals surface area contributed by atoms with Crippen molar-refractivity contribution in [3.05, 3.63) is 33.9 Å². The summed E-state index contributed by atoms with van der Waals surface area (Å²) < 4.78 is 5.01. The van der Waals surface area contributed by atoms with Crippen molar-refractivity contribution in [3.63, 3.8) is 0 Å². The predicted molar refractivity (Wildman–Crippen MR) is 74.4 cm³/mol. The molecule has 0 fully saturated rings. The van der Waals surface area contributed by atoms with Gasteiger partial charge in [-0.05, 0) is 19.4 Å². The molecule has 1 aromatic rings. The molecule has 8 nitrogen and oxygen atoms in total. The molecule has 21 heavy (non-hydrogen) atoms. The van der Waals surface area contributed by atoms with Crippen molar-refractivity contribution in [2.24, 2.45) is 0 Å². The molecule has 0 saturated carbocycles. The van der Waals surface area contributed by atoms with E-state index in [1.165, 1.54) is 13.2 Å². The summed E-state index contributed by atoms with van der Waals surface area (Å²) in [7, 11) is 1.53. The number of non-ortho nitro benzene ring substituents is 1. The fraction of sp³-hybridized carbons (Fsp3) is 0.385. The number of carbonyl (C=O) groups excluding carboxylic acids is 1. The number of carboxylic acid groups (broad SMARTS) is 1. The first-order chi connectivity index (χ1) is 9.85. The summed E-state index contributed by atoms with van der Waals surface area (Å²) in [5, 5.41) is 22.1. The van der Waals surface area contributed by atoms with Crippen LogP contribution in [0.5, 0.6) is 0 Å². The van der Waals surface area contributed by atoms with E-state index in [-0.39, 0.29) is 35.4 Å². The number of anilines is 1. The predicted octanol–water partition coefficient (Wildman–Crippen LogP) is 2.05. The third-order valence-corrected chi connectivity index (χ3v) is 2.90. The number of carboxylic acids is 1. The Morgan fingerprint density at radius 2 is 2.14 bits per heavy atom. The number of rotatable bonds is 7. The minimum Gasteiger partial charge on any atom is -0.478 e. The molecule has 114 valence electrons. The molecule has 0 saturated heterocycles. The number of hydrogen-bond donors (Lipinski definition) is 2. The molecular weight excluding hydrogens is 280 g/mol. The van der Waals surface area contributed by atoms with Gasteiger partial charge in [0.2, 0.25) is 5.91 Å². The molecule has 1 amide bonds. The molecular formula is C13H16N2O6. The van der Waals surface area contributed by atoms with Crippen LogP contribution in [0, 0.1) is 10.1 Å². The summed E-state index contributed by atoms with van der Waals surface area (Å²) in [6, 6.07) is 3.26. The molecule has 0 heterocycles. The molecule has 1 unspecified atom stereocenters. The van der Waals surface area contributed by atoms with E-state index in [0.717, 1.165) is 12.1 Å². The highest BCUT2D eigenvalue weighted by atomic mass is 16.6. The maximum Gasteiger partial charge on any atom is 0.338 e. The van der Waals surface area contributed by atoms with Gasteiger partial charge in [0.15, 0.2) is 0 Å². The Bertz CT molecular complexity index is 558. The lowest BCUT2D eigenvalue weighted by Gasteiger charge is -2.11. The average molecular weight is 296 g/mol. The van der Waals surface area contributed by atoms with Gasteiger partial charge in [-0.1, -0.05) is 0 Å². The molecule has 0 aliphatic heterocycles. The number of hydrogen-bond acceptors (Lipinski definition) is 5. The molecule has 0 aromatic heterocycles. The van der Waals surface area contributed by atoms with Crippen LogP contribution in [-0.4, -0.2) is 35.1 Å². The van der Waals surface area contributed by atoms with E-state index >= 15 is 0 Å². The minimum atomic E-state index is -1.35. The highest BCUT2D eigenvalue weighted by molar-refractivity contribution is 6.01. The first-order valence-corrected chi connectivity index (χ1v) is 6.19. The summed E-state index contributed by atoms with van der Waals surface area (Å²) in [5.74, 6) is -1.73.